The molecule has 0 saturated carbocycles. The molecule has 0 heterocycles. The minimum atomic E-state index is -0.839. The third-order valence-electron chi connectivity index (χ3n) is 2.51. The SMILES string of the molecule is CC(CCC(=O)O)NC(=O)NC1CC=CC1. The smallest absolute Gasteiger partial charge is 0.315 e. The molecule has 2 amide bonds. The van der Waals surface area contributed by atoms with Gasteiger partial charge in [0.1, 0.15) is 0 Å². The van der Waals surface area contributed by atoms with Crippen molar-refractivity contribution in [3.05, 3.63) is 12.2 Å². The highest BCUT2D eigenvalue weighted by Gasteiger charge is 2.14. The lowest BCUT2D eigenvalue weighted by molar-refractivity contribution is -0.137. The van der Waals surface area contributed by atoms with E-state index in [-0.39, 0.29) is 24.5 Å². The highest BCUT2D eigenvalue weighted by atomic mass is 16.4. The summed E-state index contributed by atoms with van der Waals surface area (Å²) in [6.45, 7) is 1.80. The zero-order valence-electron chi connectivity index (χ0n) is 9.40. The molecule has 0 aromatic rings. The number of amides is 2. The van der Waals surface area contributed by atoms with Gasteiger partial charge in [-0.05, 0) is 26.2 Å². The number of carboxylic acids is 1. The zero-order valence-corrected chi connectivity index (χ0v) is 9.40. The maximum absolute atomic E-state index is 11.5. The molecule has 0 radical (unpaired) electrons. The fourth-order valence-corrected chi connectivity index (χ4v) is 1.60. The fraction of sp³-hybridized carbons (Fsp3) is 0.636. The summed E-state index contributed by atoms with van der Waals surface area (Å²) < 4.78 is 0. The second-order valence-corrected chi connectivity index (χ2v) is 4.09. The molecule has 1 aliphatic carbocycles. The van der Waals surface area contributed by atoms with Crippen LogP contribution in [0.5, 0.6) is 0 Å². The van der Waals surface area contributed by atoms with Crippen molar-refractivity contribution in [3.63, 3.8) is 0 Å². The fourth-order valence-electron chi connectivity index (χ4n) is 1.60. The van der Waals surface area contributed by atoms with Crippen LogP contribution < -0.4 is 10.6 Å². The van der Waals surface area contributed by atoms with E-state index < -0.39 is 5.97 Å². The van der Waals surface area contributed by atoms with E-state index in [9.17, 15) is 9.59 Å². The Labute approximate surface area is 94.9 Å². The molecule has 0 aliphatic heterocycles. The van der Waals surface area contributed by atoms with Gasteiger partial charge in [0.05, 0.1) is 0 Å². The molecule has 1 unspecified atom stereocenters. The molecule has 3 N–H and O–H groups in total. The lowest BCUT2D eigenvalue weighted by Crippen LogP contribution is -2.44. The van der Waals surface area contributed by atoms with Gasteiger partial charge in [-0.1, -0.05) is 12.2 Å². The van der Waals surface area contributed by atoms with Crippen molar-refractivity contribution in [1.29, 1.82) is 0 Å². The number of hydrogen-bond donors (Lipinski definition) is 3. The van der Waals surface area contributed by atoms with Gasteiger partial charge in [0, 0.05) is 18.5 Å². The van der Waals surface area contributed by atoms with Crippen LogP contribution in [-0.4, -0.2) is 29.2 Å². The van der Waals surface area contributed by atoms with Crippen molar-refractivity contribution >= 4 is 12.0 Å². The molecule has 90 valence electrons. The molecule has 5 heteroatoms. The summed E-state index contributed by atoms with van der Waals surface area (Å²) in [6.07, 6.45) is 6.35. The Morgan fingerprint density at radius 1 is 1.44 bits per heavy atom. The second kappa shape index (κ2) is 6.15. The first-order valence-corrected chi connectivity index (χ1v) is 5.51. The quantitative estimate of drug-likeness (QED) is 0.617. The van der Waals surface area contributed by atoms with E-state index in [1.807, 2.05) is 12.2 Å². The summed E-state index contributed by atoms with van der Waals surface area (Å²) in [5.41, 5.74) is 0. The van der Waals surface area contributed by atoms with Crippen LogP contribution in [0.1, 0.15) is 32.6 Å². The van der Waals surface area contributed by atoms with Crippen LogP contribution in [0.3, 0.4) is 0 Å². The van der Waals surface area contributed by atoms with E-state index in [1.165, 1.54) is 0 Å². The Kier molecular flexibility index (Phi) is 4.82. The van der Waals surface area contributed by atoms with Gasteiger partial charge in [-0.3, -0.25) is 4.79 Å². The molecule has 1 atom stereocenters. The largest absolute Gasteiger partial charge is 0.481 e. The molecule has 0 fully saturated rings. The third-order valence-corrected chi connectivity index (χ3v) is 2.51. The van der Waals surface area contributed by atoms with E-state index >= 15 is 0 Å². The molecule has 5 nitrogen and oxygen atoms in total. The predicted molar refractivity (Wildman–Crippen MR) is 60.2 cm³/mol. The topological polar surface area (TPSA) is 78.4 Å². The van der Waals surface area contributed by atoms with Crippen molar-refractivity contribution in [3.8, 4) is 0 Å². The van der Waals surface area contributed by atoms with Crippen LogP contribution in [0.25, 0.3) is 0 Å². The summed E-state index contributed by atoms with van der Waals surface area (Å²) in [4.78, 5) is 21.8. The van der Waals surface area contributed by atoms with Crippen LogP contribution >= 0.6 is 0 Å². The highest BCUT2D eigenvalue weighted by molar-refractivity contribution is 5.74. The second-order valence-electron chi connectivity index (χ2n) is 4.09. The lowest BCUT2D eigenvalue weighted by Gasteiger charge is -2.16. The highest BCUT2D eigenvalue weighted by Crippen LogP contribution is 2.08. The first-order valence-electron chi connectivity index (χ1n) is 5.51. The molecular formula is C11H18N2O3. The normalized spacial score (nSPS) is 17.1. The van der Waals surface area contributed by atoms with Crippen molar-refractivity contribution in [2.75, 3.05) is 0 Å². The number of hydrogen-bond acceptors (Lipinski definition) is 2. The van der Waals surface area contributed by atoms with Gasteiger partial charge in [-0.25, -0.2) is 4.79 Å². The molecule has 0 saturated heterocycles. The summed E-state index contributed by atoms with van der Waals surface area (Å²) in [6, 6.07) is -0.149. The Bertz CT molecular complexity index is 281. The molecule has 0 aromatic carbocycles. The first-order chi connectivity index (χ1) is 7.58. The minimum absolute atomic E-state index is 0.0758. The van der Waals surface area contributed by atoms with Gasteiger partial charge in [0.2, 0.25) is 0 Å². The molecule has 1 aliphatic rings. The van der Waals surface area contributed by atoms with Crippen LogP contribution in [0.15, 0.2) is 12.2 Å². The van der Waals surface area contributed by atoms with E-state index in [2.05, 4.69) is 10.6 Å². The number of carbonyl (C=O) groups excluding carboxylic acids is 1. The predicted octanol–water partition coefficient (Wildman–Crippen LogP) is 1.26. The van der Waals surface area contributed by atoms with E-state index in [0.717, 1.165) is 12.8 Å². The molecule has 0 spiro atoms. The summed E-state index contributed by atoms with van der Waals surface area (Å²) in [5.74, 6) is -0.839. The average molecular weight is 226 g/mol. The number of carboxylic acid groups (broad SMARTS) is 1. The molecule has 0 bridgehead atoms. The summed E-state index contributed by atoms with van der Waals surface area (Å²) in [5, 5.41) is 14.0. The van der Waals surface area contributed by atoms with Gasteiger partial charge >= 0.3 is 12.0 Å². The molecule has 16 heavy (non-hydrogen) atoms. The van der Waals surface area contributed by atoms with Crippen molar-refractivity contribution in [2.24, 2.45) is 0 Å². The van der Waals surface area contributed by atoms with E-state index in [1.54, 1.807) is 6.92 Å². The van der Waals surface area contributed by atoms with Crippen LogP contribution in [0.4, 0.5) is 4.79 Å². The van der Waals surface area contributed by atoms with Crippen molar-refractivity contribution in [1.82, 2.24) is 10.6 Å². The monoisotopic (exact) mass is 226 g/mol. The summed E-state index contributed by atoms with van der Waals surface area (Å²) in [7, 11) is 0. The van der Waals surface area contributed by atoms with Gasteiger partial charge < -0.3 is 15.7 Å². The maximum atomic E-state index is 11.5. The zero-order chi connectivity index (χ0) is 12.0. The Morgan fingerprint density at radius 3 is 2.62 bits per heavy atom. The van der Waals surface area contributed by atoms with Crippen LogP contribution in [0.2, 0.25) is 0 Å². The first kappa shape index (κ1) is 12.5. The summed E-state index contributed by atoms with van der Waals surface area (Å²) >= 11 is 0. The Balaban J connectivity index is 2.15. The van der Waals surface area contributed by atoms with Crippen molar-refractivity contribution < 1.29 is 14.7 Å². The Morgan fingerprint density at radius 2 is 2.06 bits per heavy atom. The van der Waals surface area contributed by atoms with Gasteiger partial charge in [-0.2, -0.15) is 0 Å². The number of aliphatic carboxylic acids is 1. The Hall–Kier alpha value is -1.52. The van der Waals surface area contributed by atoms with Gasteiger partial charge in [0.15, 0.2) is 0 Å². The van der Waals surface area contributed by atoms with Gasteiger partial charge in [0.25, 0.3) is 0 Å². The molecular weight excluding hydrogens is 208 g/mol. The number of nitrogens with one attached hydrogen (secondary N) is 2. The standard InChI is InChI=1S/C11H18N2O3/c1-8(6-7-10(14)15)12-11(16)13-9-4-2-3-5-9/h2-3,8-9H,4-7H2,1H3,(H,14,15)(H2,12,13,16). The van der Waals surface area contributed by atoms with Crippen molar-refractivity contribution in [2.45, 2.75) is 44.7 Å². The van der Waals surface area contributed by atoms with Crippen LogP contribution in [0, 0.1) is 0 Å². The van der Waals surface area contributed by atoms with E-state index in [4.69, 9.17) is 5.11 Å². The number of urea groups is 1. The van der Waals surface area contributed by atoms with E-state index in [0.29, 0.717) is 6.42 Å². The third kappa shape index (κ3) is 4.82. The maximum Gasteiger partial charge on any atom is 0.315 e. The lowest BCUT2D eigenvalue weighted by atomic mass is 10.2. The molecule has 1 rings (SSSR count). The van der Waals surface area contributed by atoms with Crippen LogP contribution in [-0.2, 0) is 4.79 Å². The number of carbonyl (C=O) groups is 2. The molecule has 0 aromatic heterocycles. The van der Waals surface area contributed by atoms with Gasteiger partial charge in [-0.15, -0.1) is 0 Å². The minimum Gasteiger partial charge on any atom is -0.481 e. The number of rotatable bonds is 5. The average Bonchev–Trinajstić information content (AvgIpc) is 2.67.